The van der Waals surface area contributed by atoms with Crippen molar-refractivity contribution >= 4 is 10.8 Å². The molecule has 8 aromatic rings. The Balaban J connectivity index is 0.952. The van der Waals surface area contributed by atoms with Crippen LogP contribution in [0.15, 0.2) is 176 Å². The van der Waals surface area contributed by atoms with Crippen molar-refractivity contribution in [1.29, 1.82) is 0 Å². The summed E-state index contributed by atoms with van der Waals surface area (Å²) in [5.41, 5.74) is 21.9. The van der Waals surface area contributed by atoms with Gasteiger partial charge in [-0.15, -0.1) is 0 Å². The number of benzene rings is 8. The maximum absolute atomic E-state index is 2.69. The van der Waals surface area contributed by atoms with E-state index in [1.807, 2.05) is 0 Å². The van der Waals surface area contributed by atoms with E-state index in [2.05, 4.69) is 176 Å². The van der Waals surface area contributed by atoms with Gasteiger partial charge in [0.1, 0.15) is 0 Å². The molecule has 0 N–H and O–H groups in total. The van der Waals surface area contributed by atoms with E-state index >= 15 is 0 Å². The van der Waals surface area contributed by atoms with E-state index in [0.717, 1.165) is 23.7 Å². The van der Waals surface area contributed by atoms with Crippen molar-refractivity contribution in [1.82, 2.24) is 0 Å². The molecular weight excluding hydrogens is 769 g/mol. The van der Waals surface area contributed by atoms with E-state index in [1.165, 1.54) is 147 Å². The van der Waals surface area contributed by atoms with Gasteiger partial charge in [-0.05, 0) is 175 Å². The standard InChI is InChI=1S/C64H56/c1-3-14-42(15-4-1)43-28-30-45(31-29-43)62(58-26-13-25-57-61(44-16-5-2-6-17-44)55-19-7-8-20-56(55)63(57)58)54-24-12-22-50-49(21-11-23-51(50)54)46-32-33-53-52-18-9-10-27-59(52)64(60(53)39-46)47-35-40-34-41(37-47)38-48(64)36-40/h2,5-13,16-33,39-42,47-48,61-62H,1,3-4,14-15,34-38H2. The minimum Gasteiger partial charge on any atom is -0.0622 e. The molecule has 5 saturated carbocycles. The lowest BCUT2D eigenvalue weighted by Gasteiger charge is -2.61. The molecule has 4 bridgehead atoms. The number of hydrogen-bond donors (Lipinski definition) is 0. The molecule has 0 amide bonds. The summed E-state index contributed by atoms with van der Waals surface area (Å²) < 4.78 is 0. The van der Waals surface area contributed by atoms with E-state index in [0.29, 0.717) is 5.92 Å². The Morgan fingerprint density at radius 3 is 1.88 bits per heavy atom. The Morgan fingerprint density at radius 2 is 1.06 bits per heavy atom. The van der Waals surface area contributed by atoms with Crippen LogP contribution in [0.4, 0.5) is 0 Å². The first kappa shape index (κ1) is 37.4. The topological polar surface area (TPSA) is 0 Å². The lowest BCUT2D eigenvalue weighted by molar-refractivity contribution is -0.0399. The zero-order valence-corrected chi connectivity index (χ0v) is 36.9. The Bertz CT molecular complexity index is 3080. The predicted molar refractivity (Wildman–Crippen MR) is 265 cm³/mol. The summed E-state index contributed by atoms with van der Waals surface area (Å²) in [5.74, 6) is 4.33. The molecule has 15 rings (SSSR count). The first-order valence-corrected chi connectivity index (χ1v) is 24.9. The fourth-order valence-corrected chi connectivity index (χ4v) is 15.6. The van der Waals surface area contributed by atoms with Crippen LogP contribution in [0.25, 0.3) is 44.2 Å². The van der Waals surface area contributed by atoms with Crippen LogP contribution in [0.1, 0.15) is 132 Å². The summed E-state index contributed by atoms with van der Waals surface area (Å²) in [6, 6.07) is 69.2. The zero-order chi connectivity index (χ0) is 41.9. The summed E-state index contributed by atoms with van der Waals surface area (Å²) in [4.78, 5) is 0. The second-order valence-corrected chi connectivity index (χ2v) is 20.9. The van der Waals surface area contributed by atoms with E-state index in [9.17, 15) is 0 Å². The summed E-state index contributed by atoms with van der Waals surface area (Å²) in [7, 11) is 0. The van der Waals surface area contributed by atoms with Crippen molar-refractivity contribution in [2.75, 3.05) is 0 Å². The second-order valence-electron chi connectivity index (χ2n) is 20.9. The van der Waals surface area contributed by atoms with Crippen molar-refractivity contribution in [2.24, 2.45) is 23.7 Å². The number of rotatable bonds is 6. The van der Waals surface area contributed by atoms with Gasteiger partial charge in [0.05, 0.1) is 0 Å². The van der Waals surface area contributed by atoms with Crippen LogP contribution in [0, 0.1) is 23.7 Å². The minimum atomic E-state index is 0.0581. The molecule has 0 nitrogen and oxygen atoms in total. The molecule has 0 aromatic heterocycles. The molecular formula is C64H56. The second kappa shape index (κ2) is 14.5. The molecule has 1 spiro atoms. The van der Waals surface area contributed by atoms with E-state index in [-0.39, 0.29) is 17.3 Å². The third-order valence-corrected chi connectivity index (χ3v) is 17.9. The van der Waals surface area contributed by atoms with Crippen molar-refractivity contribution in [2.45, 2.75) is 87.4 Å². The maximum Gasteiger partial charge on any atom is 0.0352 e. The molecule has 0 heterocycles. The molecule has 5 fully saturated rings. The molecule has 0 saturated heterocycles. The molecule has 2 unspecified atom stereocenters. The van der Waals surface area contributed by atoms with Crippen LogP contribution in [0.3, 0.4) is 0 Å². The average molecular weight is 825 g/mol. The average Bonchev–Trinajstić information content (AvgIpc) is 3.85. The summed E-state index contributed by atoms with van der Waals surface area (Å²) >= 11 is 0. The van der Waals surface area contributed by atoms with Gasteiger partial charge >= 0.3 is 0 Å². The fourth-order valence-electron chi connectivity index (χ4n) is 15.6. The molecule has 312 valence electrons. The van der Waals surface area contributed by atoms with Gasteiger partial charge < -0.3 is 0 Å². The Kier molecular flexibility index (Phi) is 8.48. The van der Waals surface area contributed by atoms with Crippen LogP contribution < -0.4 is 0 Å². The molecule has 0 aliphatic heterocycles. The van der Waals surface area contributed by atoms with E-state index in [1.54, 1.807) is 11.1 Å². The SMILES string of the molecule is c1ccc(C2c3ccccc3-c3c2cccc3C(c2ccc(C3CCCCC3)cc2)c2cccc3c(-c4ccc5c(c4)C4(c6ccccc6-5)C5CC6CC(C5)CC4C6)cccc23)cc1. The molecule has 8 aromatic carbocycles. The van der Waals surface area contributed by atoms with Crippen LogP contribution in [-0.4, -0.2) is 0 Å². The number of hydrogen-bond acceptors (Lipinski definition) is 0. The lowest BCUT2D eigenvalue weighted by Crippen LogP contribution is -2.55. The third kappa shape index (κ3) is 5.41. The molecule has 64 heavy (non-hydrogen) atoms. The van der Waals surface area contributed by atoms with Gasteiger partial charge in [0, 0.05) is 17.3 Å². The highest BCUT2D eigenvalue weighted by molar-refractivity contribution is 6.00. The smallest absolute Gasteiger partial charge is 0.0352 e. The lowest BCUT2D eigenvalue weighted by atomic mass is 9.43. The molecule has 0 radical (unpaired) electrons. The van der Waals surface area contributed by atoms with Crippen molar-refractivity contribution in [3.05, 3.63) is 226 Å². The summed E-state index contributed by atoms with van der Waals surface area (Å²) in [5, 5.41) is 2.71. The van der Waals surface area contributed by atoms with Gasteiger partial charge in [0.15, 0.2) is 0 Å². The van der Waals surface area contributed by atoms with Crippen molar-refractivity contribution in [3.8, 4) is 33.4 Å². The quantitative estimate of drug-likeness (QED) is 0.147. The molecule has 2 atom stereocenters. The van der Waals surface area contributed by atoms with Crippen LogP contribution >= 0.6 is 0 Å². The van der Waals surface area contributed by atoms with Crippen LogP contribution in [0.5, 0.6) is 0 Å². The van der Waals surface area contributed by atoms with E-state index < -0.39 is 0 Å². The van der Waals surface area contributed by atoms with Crippen LogP contribution in [0.2, 0.25) is 0 Å². The normalized spacial score (nSPS) is 25.3. The highest BCUT2D eigenvalue weighted by atomic mass is 14.6. The van der Waals surface area contributed by atoms with E-state index in [4.69, 9.17) is 0 Å². The largest absolute Gasteiger partial charge is 0.0622 e. The van der Waals surface area contributed by atoms with Gasteiger partial charge in [0.25, 0.3) is 0 Å². The zero-order valence-electron chi connectivity index (χ0n) is 36.9. The minimum absolute atomic E-state index is 0.0581. The van der Waals surface area contributed by atoms with Gasteiger partial charge in [-0.25, -0.2) is 0 Å². The van der Waals surface area contributed by atoms with Crippen molar-refractivity contribution < 1.29 is 0 Å². The highest BCUT2D eigenvalue weighted by Crippen LogP contribution is 2.69. The first-order chi connectivity index (χ1) is 31.7. The van der Waals surface area contributed by atoms with Gasteiger partial charge in [-0.2, -0.15) is 0 Å². The van der Waals surface area contributed by atoms with Gasteiger partial charge in [-0.3, -0.25) is 0 Å². The summed E-state index contributed by atoms with van der Waals surface area (Å²) in [6.45, 7) is 0. The van der Waals surface area contributed by atoms with Crippen molar-refractivity contribution in [3.63, 3.8) is 0 Å². The summed E-state index contributed by atoms with van der Waals surface area (Å²) in [6.07, 6.45) is 13.8. The monoisotopic (exact) mass is 824 g/mol. The highest BCUT2D eigenvalue weighted by Gasteiger charge is 2.61. The fraction of sp³-hybridized carbons (Fsp3) is 0.281. The molecule has 7 aliphatic rings. The predicted octanol–water partition coefficient (Wildman–Crippen LogP) is 16.6. The maximum atomic E-state index is 2.69. The molecule has 7 aliphatic carbocycles. The Labute approximate surface area is 379 Å². The Morgan fingerprint density at radius 1 is 0.422 bits per heavy atom. The van der Waals surface area contributed by atoms with Gasteiger partial charge in [0.2, 0.25) is 0 Å². The van der Waals surface area contributed by atoms with Crippen LogP contribution in [-0.2, 0) is 5.41 Å². The molecule has 0 heteroatoms. The first-order valence-electron chi connectivity index (χ1n) is 24.9. The van der Waals surface area contributed by atoms with Gasteiger partial charge in [-0.1, -0.05) is 189 Å². The Hall–Kier alpha value is -5.98. The number of fused-ring (bicyclic) bond motifs is 7. The third-order valence-electron chi connectivity index (χ3n) is 17.9.